The van der Waals surface area contributed by atoms with E-state index in [1.807, 2.05) is 0 Å². The quantitative estimate of drug-likeness (QED) is 0.0829. The van der Waals surface area contributed by atoms with Crippen LogP contribution in [0.15, 0.2) is 11.6 Å². The Hall–Kier alpha value is -1.22. The fourth-order valence-corrected chi connectivity index (χ4v) is 4.12. The Morgan fingerprint density at radius 1 is 0.939 bits per heavy atom. The Morgan fingerprint density at radius 2 is 1.36 bits per heavy atom. The highest BCUT2D eigenvalue weighted by Gasteiger charge is 2.81. The first-order valence-corrected chi connectivity index (χ1v) is 10.7. The zero-order valence-corrected chi connectivity index (χ0v) is 20.1. The van der Waals surface area contributed by atoms with Gasteiger partial charge in [-0.15, -0.1) is 0 Å². The van der Waals surface area contributed by atoms with E-state index in [1.165, 1.54) is 27.7 Å². The van der Waals surface area contributed by atoms with Crippen molar-refractivity contribution in [3.63, 3.8) is 0 Å². The molecule has 0 aromatic rings. The zero-order valence-electron chi connectivity index (χ0n) is 17.9. The first kappa shape index (κ1) is 29.8. The molecule has 0 N–H and O–H groups in total. The maximum absolute atomic E-state index is 14.3. The highest BCUT2D eigenvalue weighted by molar-refractivity contribution is 14.1. The van der Waals surface area contributed by atoms with Gasteiger partial charge in [-0.2, -0.15) is 39.5 Å². The number of hydrogen-bond acceptors (Lipinski definition) is 4. The average molecular weight is 612 g/mol. The van der Waals surface area contributed by atoms with Crippen LogP contribution in [0.2, 0.25) is 0 Å². The van der Waals surface area contributed by atoms with Crippen molar-refractivity contribution in [3.05, 3.63) is 11.6 Å². The summed E-state index contributed by atoms with van der Waals surface area (Å²) < 4.78 is 129. The second kappa shape index (κ2) is 9.44. The van der Waals surface area contributed by atoms with E-state index in [1.54, 1.807) is 22.6 Å². The van der Waals surface area contributed by atoms with Crippen molar-refractivity contribution in [2.75, 3.05) is 13.2 Å². The second-order valence-corrected chi connectivity index (χ2v) is 10.8. The maximum atomic E-state index is 14.3. The first-order chi connectivity index (χ1) is 14.6. The molecule has 192 valence electrons. The predicted molar refractivity (Wildman–Crippen MR) is 106 cm³/mol. The van der Waals surface area contributed by atoms with Gasteiger partial charge < -0.3 is 9.47 Å². The van der Waals surface area contributed by atoms with Crippen LogP contribution in [-0.4, -0.2) is 52.5 Å². The molecule has 0 radical (unpaired) electrons. The van der Waals surface area contributed by atoms with Gasteiger partial charge in [0.1, 0.15) is 0 Å². The van der Waals surface area contributed by atoms with E-state index in [2.05, 4.69) is 0 Å². The summed E-state index contributed by atoms with van der Waals surface area (Å²) >= 11 is 1.70. The van der Waals surface area contributed by atoms with Gasteiger partial charge in [0.15, 0.2) is 5.41 Å². The van der Waals surface area contributed by atoms with Gasteiger partial charge in [0.25, 0.3) is 0 Å². The molecule has 33 heavy (non-hydrogen) atoms. The molecule has 1 unspecified atom stereocenters. The smallest absolute Gasteiger partial charge is 0.460 e. The molecule has 0 aromatic carbocycles. The molecule has 4 nitrogen and oxygen atoms in total. The zero-order chi connectivity index (χ0) is 26.3. The van der Waals surface area contributed by atoms with Gasteiger partial charge in [-0.1, -0.05) is 42.0 Å². The molecule has 14 heteroatoms. The van der Waals surface area contributed by atoms with Crippen molar-refractivity contribution in [1.82, 2.24) is 0 Å². The minimum atomic E-state index is -7.06. The normalized spacial score (nSPS) is 21.3. The highest BCUT2D eigenvalue weighted by Crippen LogP contribution is 2.57. The van der Waals surface area contributed by atoms with Crippen LogP contribution in [0.25, 0.3) is 0 Å². The van der Waals surface area contributed by atoms with Crippen molar-refractivity contribution >= 4 is 34.5 Å². The summed E-state index contributed by atoms with van der Waals surface area (Å²) in [6.07, 6.45) is -9.21. The van der Waals surface area contributed by atoms with Crippen LogP contribution in [0, 0.1) is 11.3 Å². The summed E-state index contributed by atoms with van der Waals surface area (Å²) in [5.41, 5.74) is -3.03. The van der Waals surface area contributed by atoms with E-state index >= 15 is 0 Å². The lowest BCUT2D eigenvalue weighted by molar-refractivity contribution is -0.388. The molecule has 0 bridgehead atoms. The molecule has 1 saturated carbocycles. The van der Waals surface area contributed by atoms with Crippen LogP contribution in [0.5, 0.6) is 0 Å². The van der Waals surface area contributed by atoms with Gasteiger partial charge in [0.2, 0.25) is 0 Å². The second-order valence-electron chi connectivity index (χ2n) is 8.01. The molecule has 0 aromatic heterocycles. The SMILES string of the molecule is CCOC(=O)C1(C(=O)OCC)C/C(=C\C(F)(F)C(F)(F)C(F)(F)C(F)(F)F)C(C(C)(C)I)C1. The van der Waals surface area contributed by atoms with Gasteiger partial charge in [-0.05, 0) is 38.7 Å². The lowest BCUT2D eigenvalue weighted by Crippen LogP contribution is -2.60. The number of esters is 2. The first-order valence-electron chi connectivity index (χ1n) is 9.57. The van der Waals surface area contributed by atoms with Gasteiger partial charge in [0, 0.05) is 3.42 Å². The van der Waals surface area contributed by atoms with Crippen LogP contribution < -0.4 is 0 Å². The predicted octanol–water partition coefficient (Wildman–Crippen LogP) is 6.12. The van der Waals surface area contributed by atoms with Crippen molar-refractivity contribution in [1.29, 1.82) is 0 Å². The molecule has 1 rings (SSSR count). The topological polar surface area (TPSA) is 52.6 Å². The van der Waals surface area contributed by atoms with E-state index in [4.69, 9.17) is 9.47 Å². The Bertz CT molecular complexity index is 767. The van der Waals surface area contributed by atoms with Crippen molar-refractivity contribution in [2.24, 2.45) is 11.3 Å². The van der Waals surface area contributed by atoms with Crippen LogP contribution in [0.1, 0.15) is 40.5 Å². The number of carbonyl (C=O) groups excluding carboxylic acids is 2. The van der Waals surface area contributed by atoms with E-state index < -0.39 is 75.1 Å². The number of halogens is 10. The molecule has 0 spiro atoms. The van der Waals surface area contributed by atoms with Crippen LogP contribution in [0.3, 0.4) is 0 Å². The fourth-order valence-electron chi connectivity index (χ4n) is 3.50. The monoisotopic (exact) mass is 612 g/mol. The molecule has 1 fully saturated rings. The Labute approximate surface area is 197 Å². The van der Waals surface area contributed by atoms with Gasteiger partial charge in [-0.3, -0.25) is 9.59 Å². The summed E-state index contributed by atoms with van der Waals surface area (Å²) in [5, 5.41) is 0. The molecule has 1 atom stereocenters. The number of hydrogen-bond donors (Lipinski definition) is 0. The molecular formula is C19H22F9IO4. The number of carbonyl (C=O) groups is 2. The van der Waals surface area contributed by atoms with E-state index in [-0.39, 0.29) is 13.2 Å². The van der Waals surface area contributed by atoms with Crippen molar-refractivity contribution < 1.29 is 58.6 Å². The summed E-state index contributed by atoms with van der Waals surface area (Å²) in [4.78, 5) is 25.2. The highest BCUT2D eigenvalue weighted by atomic mass is 127. The number of alkyl halides is 10. The summed E-state index contributed by atoms with van der Waals surface area (Å²) in [5.74, 6) is -23.6. The van der Waals surface area contributed by atoms with E-state index in [0.717, 1.165) is 0 Å². The molecule has 0 saturated heterocycles. The van der Waals surface area contributed by atoms with Gasteiger partial charge >= 0.3 is 35.9 Å². The maximum Gasteiger partial charge on any atom is 0.460 e. The van der Waals surface area contributed by atoms with Gasteiger partial charge in [-0.25, -0.2) is 0 Å². The van der Waals surface area contributed by atoms with Crippen molar-refractivity contribution in [3.8, 4) is 0 Å². The summed E-state index contributed by atoms with van der Waals surface area (Å²) in [6.45, 7) is 5.08. The van der Waals surface area contributed by atoms with Crippen molar-refractivity contribution in [2.45, 2.75) is 67.9 Å². The Morgan fingerprint density at radius 3 is 1.70 bits per heavy atom. The third-order valence-corrected chi connectivity index (χ3v) is 5.95. The number of rotatable bonds is 8. The largest absolute Gasteiger partial charge is 0.465 e. The molecule has 1 aliphatic carbocycles. The summed E-state index contributed by atoms with van der Waals surface area (Å²) in [7, 11) is 0. The Kier molecular flexibility index (Phi) is 8.53. The molecule has 0 heterocycles. The third-order valence-electron chi connectivity index (χ3n) is 5.20. The van der Waals surface area contributed by atoms with E-state index in [9.17, 15) is 49.1 Å². The Balaban J connectivity index is 3.70. The average Bonchev–Trinajstić information content (AvgIpc) is 3.01. The van der Waals surface area contributed by atoms with Gasteiger partial charge in [0.05, 0.1) is 13.2 Å². The lowest BCUT2D eigenvalue weighted by Gasteiger charge is -2.33. The standard InChI is InChI=1S/C19H22F9IO4/c1-5-32-12(30)15(13(31)33-6-2)7-10(11(9-15)14(3,4)29)8-16(20,21)17(22,23)18(24,25)19(26,27)28/h8,11H,5-7,9H2,1-4H3/b10-8+. The molecular weight excluding hydrogens is 590 g/mol. The van der Waals surface area contributed by atoms with E-state index in [0.29, 0.717) is 0 Å². The van der Waals surface area contributed by atoms with Crippen LogP contribution >= 0.6 is 22.6 Å². The number of allylic oxidation sites excluding steroid dienone is 2. The van der Waals surface area contributed by atoms with Crippen LogP contribution in [0.4, 0.5) is 39.5 Å². The van der Waals surface area contributed by atoms with Crippen LogP contribution in [-0.2, 0) is 19.1 Å². The fraction of sp³-hybridized carbons (Fsp3) is 0.789. The number of ether oxygens (including phenoxy) is 2. The summed E-state index contributed by atoms with van der Waals surface area (Å²) in [6, 6.07) is 0. The molecule has 1 aliphatic rings. The molecule has 0 amide bonds. The molecule has 0 aliphatic heterocycles. The minimum Gasteiger partial charge on any atom is -0.465 e. The third kappa shape index (κ3) is 5.39. The minimum absolute atomic E-state index is 0.247. The lowest BCUT2D eigenvalue weighted by atomic mass is 9.83.